The number of carboxylic acid groups (broad SMARTS) is 1. The summed E-state index contributed by atoms with van der Waals surface area (Å²) in [5, 5.41) is 8.65. The van der Waals surface area contributed by atoms with E-state index in [0.29, 0.717) is 6.61 Å². The lowest BCUT2D eigenvalue weighted by Crippen LogP contribution is -2.39. The molecule has 1 atom stereocenters. The lowest BCUT2D eigenvalue weighted by molar-refractivity contribution is -0.144. The van der Waals surface area contributed by atoms with Gasteiger partial charge in [-0.2, -0.15) is 0 Å². The van der Waals surface area contributed by atoms with Crippen LogP contribution < -0.4 is 0 Å². The summed E-state index contributed by atoms with van der Waals surface area (Å²) < 4.78 is 5.00. The van der Waals surface area contributed by atoms with E-state index < -0.39 is 12.0 Å². The van der Waals surface area contributed by atoms with E-state index in [9.17, 15) is 4.79 Å². The second-order valence-corrected chi connectivity index (χ2v) is 2.48. The van der Waals surface area contributed by atoms with Crippen LogP contribution in [0.4, 0.5) is 0 Å². The van der Waals surface area contributed by atoms with E-state index in [-0.39, 0.29) is 6.61 Å². The maximum Gasteiger partial charge on any atom is 0.323 e. The first-order valence-corrected chi connectivity index (χ1v) is 3.56. The molecule has 0 fully saturated rings. The smallest absolute Gasteiger partial charge is 0.323 e. The summed E-state index contributed by atoms with van der Waals surface area (Å²) >= 11 is 0. The molecule has 0 aromatic carbocycles. The Morgan fingerprint density at radius 2 is 2.18 bits per heavy atom. The highest BCUT2D eigenvalue weighted by molar-refractivity contribution is 5.73. The highest BCUT2D eigenvalue weighted by atomic mass is 16.5. The third-order valence-electron chi connectivity index (χ3n) is 1.39. The van der Waals surface area contributed by atoms with E-state index in [2.05, 4.69) is 0 Å². The summed E-state index contributed by atoms with van der Waals surface area (Å²) in [6.45, 7) is 2.64. The molecule has 1 N–H and O–H groups in total. The zero-order chi connectivity index (χ0) is 8.85. The van der Waals surface area contributed by atoms with Gasteiger partial charge in [0.05, 0.1) is 6.61 Å². The molecular formula is C7H15NO3. The van der Waals surface area contributed by atoms with Crippen LogP contribution in [0.2, 0.25) is 0 Å². The van der Waals surface area contributed by atoms with E-state index in [1.807, 2.05) is 6.92 Å². The maximum atomic E-state index is 10.5. The number of carbonyl (C=O) groups is 1. The second-order valence-electron chi connectivity index (χ2n) is 2.48. The molecule has 11 heavy (non-hydrogen) atoms. The molecule has 0 amide bonds. The number of nitrogens with zero attached hydrogens (tertiary/aromatic N) is 1. The van der Waals surface area contributed by atoms with Crippen LogP contribution in [-0.4, -0.2) is 49.3 Å². The van der Waals surface area contributed by atoms with Crippen LogP contribution in [0.15, 0.2) is 0 Å². The van der Waals surface area contributed by atoms with Crippen LogP contribution >= 0.6 is 0 Å². The van der Waals surface area contributed by atoms with Crippen LogP contribution in [0.5, 0.6) is 0 Å². The van der Waals surface area contributed by atoms with Crippen molar-refractivity contribution in [2.24, 2.45) is 0 Å². The van der Waals surface area contributed by atoms with Gasteiger partial charge in [-0.1, -0.05) is 0 Å². The minimum Gasteiger partial charge on any atom is -0.480 e. The quantitative estimate of drug-likeness (QED) is 0.618. The van der Waals surface area contributed by atoms with Gasteiger partial charge in [-0.05, 0) is 21.0 Å². The molecule has 0 rings (SSSR count). The summed E-state index contributed by atoms with van der Waals surface area (Å²) in [5.74, 6) is -0.844. The van der Waals surface area contributed by atoms with Crippen LogP contribution in [-0.2, 0) is 9.53 Å². The zero-order valence-corrected chi connectivity index (χ0v) is 7.20. The van der Waals surface area contributed by atoms with Gasteiger partial charge in [0.15, 0.2) is 0 Å². The Labute approximate surface area is 66.8 Å². The summed E-state index contributed by atoms with van der Waals surface area (Å²) in [7, 11) is 3.44. The van der Waals surface area contributed by atoms with Gasteiger partial charge in [-0.15, -0.1) is 0 Å². The molecule has 0 aliphatic rings. The van der Waals surface area contributed by atoms with Crippen LogP contribution in [0.1, 0.15) is 6.92 Å². The Bertz CT molecular complexity index is 125. The minimum absolute atomic E-state index is 0.249. The zero-order valence-electron chi connectivity index (χ0n) is 7.20. The van der Waals surface area contributed by atoms with Gasteiger partial charge in [-0.3, -0.25) is 9.69 Å². The molecule has 0 saturated carbocycles. The molecule has 4 heteroatoms. The van der Waals surface area contributed by atoms with Gasteiger partial charge in [0, 0.05) is 6.61 Å². The first-order chi connectivity index (χ1) is 5.09. The third-order valence-corrected chi connectivity index (χ3v) is 1.39. The number of aliphatic carboxylic acids is 1. The molecule has 0 aromatic heterocycles. The Hall–Kier alpha value is -0.610. The largest absolute Gasteiger partial charge is 0.480 e. The highest BCUT2D eigenvalue weighted by Gasteiger charge is 2.18. The lowest BCUT2D eigenvalue weighted by atomic mass is 10.3. The molecule has 1 unspecified atom stereocenters. The SMILES string of the molecule is CCOCC(C(=O)O)N(C)C. The number of rotatable bonds is 5. The van der Waals surface area contributed by atoms with Gasteiger partial charge in [0.25, 0.3) is 0 Å². The van der Waals surface area contributed by atoms with Crippen LogP contribution in [0, 0.1) is 0 Å². The van der Waals surface area contributed by atoms with Crippen molar-refractivity contribution >= 4 is 5.97 Å². The van der Waals surface area contributed by atoms with Gasteiger partial charge in [0.1, 0.15) is 6.04 Å². The number of likely N-dealkylation sites (N-methyl/N-ethyl adjacent to an activating group) is 1. The monoisotopic (exact) mass is 161 g/mol. The van der Waals surface area contributed by atoms with E-state index >= 15 is 0 Å². The number of carboxylic acids is 1. The molecule has 0 aromatic rings. The Balaban J connectivity index is 3.80. The fraction of sp³-hybridized carbons (Fsp3) is 0.857. The van der Waals surface area contributed by atoms with E-state index in [1.54, 1.807) is 19.0 Å². The molecule has 0 saturated heterocycles. The van der Waals surface area contributed by atoms with E-state index in [4.69, 9.17) is 9.84 Å². The first kappa shape index (κ1) is 10.4. The number of ether oxygens (including phenoxy) is 1. The van der Waals surface area contributed by atoms with E-state index in [0.717, 1.165) is 0 Å². The van der Waals surface area contributed by atoms with Gasteiger partial charge >= 0.3 is 5.97 Å². The minimum atomic E-state index is -0.844. The normalized spacial score (nSPS) is 13.5. The molecular weight excluding hydrogens is 146 g/mol. The molecule has 0 aliphatic heterocycles. The molecule has 0 aliphatic carbocycles. The van der Waals surface area contributed by atoms with Gasteiger partial charge in [0.2, 0.25) is 0 Å². The lowest BCUT2D eigenvalue weighted by Gasteiger charge is -2.19. The summed E-state index contributed by atoms with van der Waals surface area (Å²) in [4.78, 5) is 12.1. The van der Waals surface area contributed by atoms with Gasteiger partial charge in [-0.25, -0.2) is 0 Å². The van der Waals surface area contributed by atoms with Crippen LogP contribution in [0.3, 0.4) is 0 Å². The predicted molar refractivity (Wildman–Crippen MR) is 41.6 cm³/mol. The van der Waals surface area contributed by atoms with Crippen molar-refractivity contribution in [1.82, 2.24) is 4.90 Å². The van der Waals surface area contributed by atoms with Gasteiger partial charge < -0.3 is 9.84 Å². The Kier molecular flexibility index (Phi) is 4.81. The second kappa shape index (κ2) is 5.09. The first-order valence-electron chi connectivity index (χ1n) is 3.56. The maximum absolute atomic E-state index is 10.5. The summed E-state index contributed by atoms with van der Waals surface area (Å²) in [5.41, 5.74) is 0. The van der Waals surface area contributed by atoms with Crippen molar-refractivity contribution in [1.29, 1.82) is 0 Å². The average molecular weight is 161 g/mol. The predicted octanol–water partition coefficient (Wildman–Crippen LogP) is 0.0377. The Morgan fingerprint density at radius 3 is 2.45 bits per heavy atom. The van der Waals surface area contributed by atoms with Crippen LogP contribution in [0.25, 0.3) is 0 Å². The molecule has 0 heterocycles. The van der Waals surface area contributed by atoms with Crippen molar-refractivity contribution < 1.29 is 14.6 Å². The molecule has 0 spiro atoms. The summed E-state index contributed by atoms with van der Waals surface area (Å²) in [6, 6.07) is -0.532. The van der Waals surface area contributed by atoms with Crippen molar-refractivity contribution in [2.45, 2.75) is 13.0 Å². The molecule has 4 nitrogen and oxygen atoms in total. The van der Waals surface area contributed by atoms with Crippen molar-refractivity contribution in [3.05, 3.63) is 0 Å². The standard InChI is InChI=1S/C7H15NO3/c1-4-11-5-6(7(9)10)8(2)3/h6H,4-5H2,1-3H3,(H,9,10). The Morgan fingerprint density at radius 1 is 1.64 bits per heavy atom. The van der Waals surface area contributed by atoms with Crippen molar-refractivity contribution in [2.75, 3.05) is 27.3 Å². The average Bonchev–Trinajstić information content (AvgIpc) is 1.87. The fourth-order valence-electron chi connectivity index (χ4n) is 0.671. The van der Waals surface area contributed by atoms with Crippen molar-refractivity contribution in [3.8, 4) is 0 Å². The third kappa shape index (κ3) is 3.95. The molecule has 0 bridgehead atoms. The fourth-order valence-corrected chi connectivity index (χ4v) is 0.671. The van der Waals surface area contributed by atoms with E-state index in [1.165, 1.54) is 0 Å². The summed E-state index contributed by atoms with van der Waals surface area (Å²) in [6.07, 6.45) is 0. The molecule has 66 valence electrons. The van der Waals surface area contributed by atoms with Crippen molar-refractivity contribution in [3.63, 3.8) is 0 Å². The molecule has 0 radical (unpaired) electrons. The highest BCUT2D eigenvalue weighted by Crippen LogP contribution is 1.94. The topological polar surface area (TPSA) is 49.8 Å². The number of hydrogen-bond donors (Lipinski definition) is 1. The number of hydrogen-bond acceptors (Lipinski definition) is 3.